The number of hydrogen-bond donors (Lipinski definition) is 0. The third-order valence-electron chi connectivity index (χ3n) is 2.69. The first-order valence-electron chi connectivity index (χ1n) is 6.90. The highest BCUT2D eigenvalue weighted by Gasteiger charge is 2.01. The largest absolute Gasteiger partial charge is 0.0683 e. The van der Waals surface area contributed by atoms with Gasteiger partial charge in [0.25, 0.3) is 0 Å². The van der Waals surface area contributed by atoms with Crippen molar-refractivity contribution in [2.75, 3.05) is 0 Å². The first-order valence-corrected chi connectivity index (χ1v) is 6.90. The van der Waals surface area contributed by atoms with Crippen molar-refractivity contribution in [3.05, 3.63) is 59.7 Å². The first-order chi connectivity index (χ1) is 8.79. The molecule has 0 aliphatic heterocycles. The molecule has 2 rings (SSSR count). The molecule has 18 heavy (non-hydrogen) atoms. The minimum absolute atomic E-state index is 1.30. The summed E-state index contributed by atoms with van der Waals surface area (Å²) in [6, 6.07) is 17.0. The molecule has 0 aromatic heterocycles. The molecule has 0 atom stereocenters. The highest BCUT2D eigenvalue weighted by Crippen LogP contribution is 2.24. The highest BCUT2D eigenvalue weighted by molar-refractivity contribution is 5.68. The second kappa shape index (κ2) is 9.47. The van der Waals surface area contributed by atoms with Crippen LogP contribution in [0.4, 0.5) is 0 Å². The summed E-state index contributed by atoms with van der Waals surface area (Å²) in [7, 11) is 0. The molecule has 0 amide bonds. The van der Waals surface area contributed by atoms with Gasteiger partial charge in [-0.25, -0.2) is 0 Å². The van der Waals surface area contributed by atoms with Gasteiger partial charge in [-0.1, -0.05) is 76.2 Å². The lowest BCUT2D eigenvalue weighted by atomic mass is 9.97. The molecular formula is C18H26. The molecule has 0 radical (unpaired) electrons. The Morgan fingerprint density at radius 1 is 0.611 bits per heavy atom. The molecule has 0 saturated carbocycles. The average Bonchev–Trinajstić information content (AvgIpc) is 2.47. The van der Waals surface area contributed by atoms with E-state index >= 15 is 0 Å². The standard InChI is InChI=1S/C14H14.2C2H6/c1-11-7-6-10-14(12(11)2)13-8-4-3-5-9-13;2*1-2/h3-10H,1-2H3;2*1-2H3. The van der Waals surface area contributed by atoms with Crippen molar-refractivity contribution in [3.63, 3.8) is 0 Å². The molecule has 0 nitrogen and oxygen atoms in total. The lowest BCUT2D eigenvalue weighted by Gasteiger charge is -2.07. The van der Waals surface area contributed by atoms with E-state index in [2.05, 4.69) is 62.4 Å². The number of benzene rings is 2. The molecule has 0 unspecified atom stereocenters. The van der Waals surface area contributed by atoms with E-state index in [0.29, 0.717) is 0 Å². The molecule has 0 aliphatic carbocycles. The molecule has 0 saturated heterocycles. The van der Waals surface area contributed by atoms with Crippen LogP contribution in [0.2, 0.25) is 0 Å². The predicted octanol–water partition coefficient (Wildman–Crippen LogP) is 6.02. The van der Waals surface area contributed by atoms with Gasteiger partial charge in [0.15, 0.2) is 0 Å². The molecule has 0 heterocycles. The molecule has 98 valence electrons. The van der Waals surface area contributed by atoms with Crippen LogP contribution in [0.5, 0.6) is 0 Å². The molecule has 2 aromatic carbocycles. The maximum absolute atomic E-state index is 2.18. The minimum Gasteiger partial charge on any atom is -0.0683 e. The van der Waals surface area contributed by atoms with Crippen molar-refractivity contribution < 1.29 is 0 Å². The summed E-state index contributed by atoms with van der Waals surface area (Å²) in [4.78, 5) is 0. The summed E-state index contributed by atoms with van der Waals surface area (Å²) in [5.41, 5.74) is 5.37. The van der Waals surface area contributed by atoms with Crippen molar-refractivity contribution in [2.45, 2.75) is 41.5 Å². The fourth-order valence-corrected chi connectivity index (χ4v) is 1.68. The Morgan fingerprint density at radius 2 is 1.17 bits per heavy atom. The number of hydrogen-bond acceptors (Lipinski definition) is 0. The summed E-state index contributed by atoms with van der Waals surface area (Å²) in [5, 5.41) is 0. The maximum atomic E-state index is 2.18. The summed E-state index contributed by atoms with van der Waals surface area (Å²) < 4.78 is 0. The van der Waals surface area contributed by atoms with E-state index in [1.807, 2.05) is 27.7 Å². The van der Waals surface area contributed by atoms with Crippen LogP contribution in [0.15, 0.2) is 48.5 Å². The van der Waals surface area contributed by atoms with Gasteiger partial charge in [0.1, 0.15) is 0 Å². The van der Waals surface area contributed by atoms with Gasteiger partial charge in [-0.05, 0) is 36.1 Å². The zero-order valence-corrected chi connectivity index (χ0v) is 12.6. The van der Waals surface area contributed by atoms with Crippen molar-refractivity contribution in [2.24, 2.45) is 0 Å². The second-order valence-electron chi connectivity index (χ2n) is 3.61. The average molecular weight is 242 g/mol. The van der Waals surface area contributed by atoms with E-state index < -0.39 is 0 Å². The Kier molecular flexibility index (Phi) is 8.65. The SMILES string of the molecule is CC.CC.Cc1cccc(-c2ccccc2)c1C. The lowest BCUT2D eigenvalue weighted by molar-refractivity contribution is 1.34. The molecule has 0 N–H and O–H groups in total. The zero-order valence-electron chi connectivity index (χ0n) is 12.6. The van der Waals surface area contributed by atoms with Crippen molar-refractivity contribution in [1.82, 2.24) is 0 Å². The van der Waals surface area contributed by atoms with Gasteiger partial charge in [-0.3, -0.25) is 0 Å². The van der Waals surface area contributed by atoms with Crippen LogP contribution >= 0.6 is 0 Å². The summed E-state index contributed by atoms with van der Waals surface area (Å²) in [5.74, 6) is 0. The van der Waals surface area contributed by atoms with Gasteiger partial charge in [-0.2, -0.15) is 0 Å². The molecule has 0 bridgehead atoms. The highest BCUT2D eigenvalue weighted by atomic mass is 14.1. The van der Waals surface area contributed by atoms with Gasteiger partial charge < -0.3 is 0 Å². The van der Waals surface area contributed by atoms with Gasteiger partial charge in [0.2, 0.25) is 0 Å². The van der Waals surface area contributed by atoms with Crippen LogP contribution < -0.4 is 0 Å². The minimum atomic E-state index is 1.30. The first kappa shape index (κ1) is 16.4. The van der Waals surface area contributed by atoms with Crippen molar-refractivity contribution >= 4 is 0 Å². The van der Waals surface area contributed by atoms with E-state index in [-0.39, 0.29) is 0 Å². The fourth-order valence-electron chi connectivity index (χ4n) is 1.68. The molecule has 0 fully saturated rings. The third-order valence-corrected chi connectivity index (χ3v) is 2.69. The van der Waals surface area contributed by atoms with Crippen LogP contribution in [-0.2, 0) is 0 Å². The van der Waals surface area contributed by atoms with Gasteiger partial charge in [0.05, 0.1) is 0 Å². The molecule has 0 spiro atoms. The number of rotatable bonds is 1. The molecule has 0 heteroatoms. The smallest absolute Gasteiger partial charge is 0.0152 e. The number of aryl methyl sites for hydroxylation is 1. The van der Waals surface area contributed by atoms with E-state index in [0.717, 1.165) is 0 Å². The topological polar surface area (TPSA) is 0 Å². The Morgan fingerprint density at radius 3 is 1.72 bits per heavy atom. The lowest BCUT2D eigenvalue weighted by Crippen LogP contribution is -1.85. The van der Waals surface area contributed by atoms with E-state index in [4.69, 9.17) is 0 Å². The van der Waals surface area contributed by atoms with E-state index in [1.165, 1.54) is 22.3 Å². The van der Waals surface area contributed by atoms with Crippen LogP contribution in [0.3, 0.4) is 0 Å². The van der Waals surface area contributed by atoms with Gasteiger partial charge in [-0.15, -0.1) is 0 Å². The summed E-state index contributed by atoms with van der Waals surface area (Å²) >= 11 is 0. The Bertz CT molecular complexity index is 427. The van der Waals surface area contributed by atoms with Crippen LogP contribution in [0.1, 0.15) is 38.8 Å². The summed E-state index contributed by atoms with van der Waals surface area (Å²) in [6.07, 6.45) is 0. The fraction of sp³-hybridized carbons (Fsp3) is 0.333. The van der Waals surface area contributed by atoms with Crippen LogP contribution in [0.25, 0.3) is 11.1 Å². The quantitative estimate of drug-likeness (QED) is 0.573. The summed E-state index contributed by atoms with van der Waals surface area (Å²) in [6.45, 7) is 12.3. The van der Waals surface area contributed by atoms with Crippen LogP contribution in [0, 0.1) is 13.8 Å². The van der Waals surface area contributed by atoms with E-state index in [9.17, 15) is 0 Å². The molecular weight excluding hydrogens is 216 g/mol. The maximum Gasteiger partial charge on any atom is -0.0152 e. The van der Waals surface area contributed by atoms with Gasteiger partial charge in [0, 0.05) is 0 Å². The van der Waals surface area contributed by atoms with Gasteiger partial charge >= 0.3 is 0 Å². The van der Waals surface area contributed by atoms with Crippen LogP contribution in [-0.4, -0.2) is 0 Å². The van der Waals surface area contributed by atoms with Crippen molar-refractivity contribution in [1.29, 1.82) is 0 Å². The Hall–Kier alpha value is -1.56. The predicted molar refractivity (Wildman–Crippen MR) is 84.0 cm³/mol. The Balaban J connectivity index is 0.000000659. The normalized spacial score (nSPS) is 8.56. The second-order valence-corrected chi connectivity index (χ2v) is 3.61. The van der Waals surface area contributed by atoms with Crippen molar-refractivity contribution in [3.8, 4) is 11.1 Å². The van der Waals surface area contributed by atoms with E-state index in [1.54, 1.807) is 0 Å². The molecule has 2 aromatic rings. The molecule has 0 aliphatic rings. The zero-order chi connectivity index (χ0) is 14.0. The Labute approximate surface area is 113 Å². The third kappa shape index (κ3) is 4.37. The monoisotopic (exact) mass is 242 g/mol.